The van der Waals surface area contributed by atoms with Crippen molar-refractivity contribution in [2.24, 2.45) is 0 Å². The van der Waals surface area contributed by atoms with E-state index >= 15 is 0 Å². The monoisotopic (exact) mass is 277 g/mol. The third-order valence-electron chi connectivity index (χ3n) is 2.72. The lowest BCUT2D eigenvalue weighted by molar-refractivity contribution is -0.385. The summed E-state index contributed by atoms with van der Waals surface area (Å²) in [6.45, 7) is 5.84. The lowest BCUT2D eigenvalue weighted by atomic mass is 10.1. The molecule has 1 atom stereocenters. The van der Waals surface area contributed by atoms with Crippen molar-refractivity contribution >= 4 is 5.69 Å². The van der Waals surface area contributed by atoms with Crippen molar-refractivity contribution < 1.29 is 9.66 Å². The molecule has 0 spiro atoms. The molecule has 1 aromatic rings. The zero-order valence-corrected chi connectivity index (χ0v) is 11.9. The van der Waals surface area contributed by atoms with E-state index in [9.17, 15) is 10.1 Å². The maximum absolute atomic E-state index is 11.0. The van der Waals surface area contributed by atoms with E-state index in [0.29, 0.717) is 0 Å². The Kier molecular flexibility index (Phi) is 5.94. The molecule has 0 aromatic heterocycles. The molecule has 0 aliphatic rings. The fourth-order valence-electron chi connectivity index (χ4n) is 1.75. The van der Waals surface area contributed by atoms with Crippen LogP contribution in [0.3, 0.4) is 0 Å². The summed E-state index contributed by atoms with van der Waals surface area (Å²) in [4.78, 5) is 10.6. The van der Waals surface area contributed by atoms with Gasteiger partial charge in [-0.25, -0.2) is 0 Å². The van der Waals surface area contributed by atoms with Crippen LogP contribution in [0.25, 0.3) is 0 Å². The first-order chi connectivity index (χ1) is 9.47. The van der Waals surface area contributed by atoms with E-state index in [-0.39, 0.29) is 24.1 Å². The minimum absolute atomic E-state index is 0.0643. The number of nitro groups is 1. The summed E-state index contributed by atoms with van der Waals surface area (Å²) in [6, 6.07) is 6.59. The number of benzene rings is 1. The number of hydrogen-bond donors (Lipinski definition) is 1. The molecule has 1 rings (SSSR count). The fourth-order valence-corrected chi connectivity index (χ4v) is 1.75. The fraction of sp³-hybridized carbons (Fsp3) is 0.500. The Morgan fingerprint density at radius 2 is 2.20 bits per heavy atom. The van der Waals surface area contributed by atoms with Gasteiger partial charge in [0.1, 0.15) is 12.6 Å². The second kappa shape index (κ2) is 7.46. The third kappa shape index (κ3) is 4.52. The van der Waals surface area contributed by atoms with Crippen LogP contribution in [-0.2, 0) is 6.42 Å². The second-order valence-electron chi connectivity index (χ2n) is 4.73. The van der Waals surface area contributed by atoms with Crippen LogP contribution in [0.5, 0.6) is 5.75 Å². The molecule has 20 heavy (non-hydrogen) atoms. The summed E-state index contributed by atoms with van der Waals surface area (Å²) in [5.74, 6) is 0.193. The minimum Gasteiger partial charge on any atom is -0.484 e. The van der Waals surface area contributed by atoms with Gasteiger partial charge in [0, 0.05) is 12.1 Å². The molecule has 0 bridgehead atoms. The SMILES string of the molecule is CCc1ccc(OCC(C#N)NC(C)C)c([N+](=O)[O-])c1. The van der Waals surface area contributed by atoms with Crippen LogP contribution in [0.4, 0.5) is 5.69 Å². The first-order valence-corrected chi connectivity index (χ1v) is 6.53. The average molecular weight is 277 g/mol. The van der Waals surface area contributed by atoms with Crippen LogP contribution in [0.1, 0.15) is 26.3 Å². The topological polar surface area (TPSA) is 88.2 Å². The first-order valence-electron chi connectivity index (χ1n) is 6.53. The summed E-state index contributed by atoms with van der Waals surface area (Å²) < 4.78 is 5.43. The van der Waals surface area contributed by atoms with Crippen LogP contribution in [0, 0.1) is 21.4 Å². The Morgan fingerprint density at radius 1 is 1.50 bits per heavy atom. The third-order valence-corrected chi connectivity index (χ3v) is 2.72. The van der Waals surface area contributed by atoms with Gasteiger partial charge in [-0.05, 0) is 31.9 Å². The molecule has 6 nitrogen and oxygen atoms in total. The number of nitro benzene ring substituents is 1. The van der Waals surface area contributed by atoms with Crippen LogP contribution < -0.4 is 10.1 Å². The maximum atomic E-state index is 11.0. The molecule has 1 aromatic carbocycles. The number of nitrogens with one attached hydrogen (secondary N) is 1. The Balaban J connectivity index is 2.82. The van der Waals surface area contributed by atoms with E-state index in [4.69, 9.17) is 10.00 Å². The van der Waals surface area contributed by atoms with Crippen molar-refractivity contribution in [2.75, 3.05) is 6.61 Å². The van der Waals surface area contributed by atoms with E-state index in [1.165, 1.54) is 6.07 Å². The van der Waals surface area contributed by atoms with Crippen molar-refractivity contribution in [3.63, 3.8) is 0 Å². The number of ether oxygens (including phenoxy) is 1. The van der Waals surface area contributed by atoms with E-state index in [0.717, 1.165) is 12.0 Å². The van der Waals surface area contributed by atoms with Gasteiger partial charge >= 0.3 is 5.69 Å². The summed E-state index contributed by atoms with van der Waals surface area (Å²) >= 11 is 0. The molecular formula is C14H19N3O3. The number of nitriles is 1. The Bertz CT molecular complexity index is 509. The van der Waals surface area contributed by atoms with Crippen molar-refractivity contribution in [1.29, 1.82) is 5.26 Å². The highest BCUT2D eigenvalue weighted by Crippen LogP contribution is 2.28. The maximum Gasteiger partial charge on any atom is 0.311 e. The van der Waals surface area contributed by atoms with Crippen molar-refractivity contribution in [2.45, 2.75) is 39.3 Å². The molecule has 0 amide bonds. The largest absolute Gasteiger partial charge is 0.484 e. The van der Waals surface area contributed by atoms with Crippen LogP contribution in [0.2, 0.25) is 0 Å². The highest BCUT2D eigenvalue weighted by atomic mass is 16.6. The molecule has 0 aliphatic carbocycles. The molecule has 0 radical (unpaired) electrons. The van der Waals surface area contributed by atoms with Crippen LogP contribution >= 0.6 is 0 Å². The van der Waals surface area contributed by atoms with Gasteiger partial charge in [0.2, 0.25) is 0 Å². The smallest absolute Gasteiger partial charge is 0.311 e. The Hall–Kier alpha value is -2.13. The van der Waals surface area contributed by atoms with Crippen LogP contribution in [0.15, 0.2) is 18.2 Å². The zero-order valence-electron chi connectivity index (χ0n) is 11.9. The summed E-state index contributed by atoms with van der Waals surface area (Å²) in [6.07, 6.45) is 0.719. The van der Waals surface area contributed by atoms with Gasteiger partial charge in [-0.3, -0.25) is 15.4 Å². The molecule has 1 unspecified atom stereocenters. The molecule has 0 saturated heterocycles. The average Bonchev–Trinajstić information content (AvgIpc) is 2.42. The molecule has 0 aliphatic heterocycles. The normalized spacial score (nSPS) is 11.9. The van der Waals surface area contributed by atoms with Crippen molar-refractivity contribution in [3.8, 4) is 11.8 Å². The molecule has 0 saturated carbocycles. The van der Waals surface area contributed by atoms with E-state index in [1.807, 2.05) is 20.8 Å². The number of rotatable bonds is 7. The summed E-state index contributed by atoms with van der Waals surface area (Å²) in [7, 11) is 0. The van der Waals surface area contributed by atoms with Gasteiger partial charge in [-0.2, -0.15) is 5.26 Å². The number of aryl methyl sites for hydroxylation is 1. The molecule has 0 heterocycles. The van der Waals surface area contributed by atoms with Gasteiger partial charge in [0.05, 0.1) is 11.0 Å². The van der Waals surface area contributed by atoms with Gasteiger partial charge in [0.15, 0.2) is 5.75 Å². The summed E-state index contributed by atoms with van der Waals surface area (Å²) in [5, 5.41) is 23.0. The van der Waals surface area contributed by atoms with Gasteiger partial charge < -0.3 is 4.74 Å². The van der Waals surface area contributed by atoms with Gasteiger partial charge in [0.25, 0.3) is 0 Å². The molecule has 108 valence electrons. The minimum atomic E-state index is -0.500. The Morgan fingerprint density at radius 3 is 2.70 bits per heavy atom. The highest BCUT2D eigenvalue weighted by molar-refractivity contribution is 5.48. The molecular weight excluding hydrogens is 258 g/mol. The Labute approximate surface area is 118 Å². The summed E-state index contributed by atoms with van der Waals surface area (Å²) in [5.41, 5.74) is 0.812. The number of nitrogens with zero attached hydrogens (tertiary/aromatic N) is 2. The van der Waals surface area contributed by atoms with Gasteiger partial charge in [-0.1, -0.05) is 13.0 Å². The van der Waals surface area contributed by atoms with Gasteiger partial charge in [-0.15, -0.1) is 0 Å². The molecule has 0 fully saturated rings. The van der Waals surface area contributed by atoms with Crippen molar-refractivity contribution in [3.05, 3.63) is 33.9 Å². The van der Waals surface area contributed by atoms with E-state index in [1.54, 1.807) is 12.1 Å². The predicted molar refractivity (Wildman–Crippen MR) is 75.6 cm³/mol. The quantitative estimate of drug-likeness (QED) is 0.610. The second-order valence-corrected chi connectivity index (χ2v) is 4.73. The van der Waals surface area contributed by atoms with E-state index in [2.05, 4.69) is 11.4 Å². The first kappa shape index (κ1) is 15.9. The highest BCUT2D eigenvalue weighted by Gasteiger charge is 2.17. The zero-order chi connectivity index (χ0) is 15.1. The lowest BCUT2D eigenvalue weighted by Crippen LogP contribution is -2.38. The molecule has 6 heteroatoms. The standard InChI is InChI=1S/C14H19N3O3/c1-4-11-5-6-14(13(7-11)17(18)19)20-9-12(8-15)16-10(2)3/h5-7,10,12,16H,4,9H2,1-3H3. The number of hydrogen-bond acceptors (Lipinski definition) is 5. The predicted octanol–water partition coefficient (Wildman–Crippen LogP) is 2.43. The molecule has 1 N–H and O–H groups in total. The van der Waals surface area contributed by atoms with Crippen LogP contribution in [-0.4, -0.2) is 23.6 Å². The van der Waals surface area contributed by atoms with Crippen molar-refractivity contribution in [1.82, 2.24) is 5.32 Å². The lowest BCUT2D eigenvalue weighted by Gasteiger charge is -2.15. The van der Waals surface area contributed by atoms with E-state index < -0.39 is 11.0 Å².